The molecule has 2 aliphatic rings. The minimum absolute atomic E-state index is 0.610. The Kier molecular flexibility index (Phi) is 5.39. The van der Waals surface area contributed by atoms with E-state index in [9.17, 15) is 0 Å². The molecule has 4 atom stereocenters. The Hall–Kier alpha value is -0.340. The molecule has 4 unspecified atom stereocenters. The van der Waals surface area contributed by atoms with Gasteiger partial charge < -0.3 is 5.32 Å². The van der Waals surface area contributed by atoms with Gasteiger partial charge in [0.05, 0.1) is 0 Å². The first-order chi connectivity index (χ1) is 10.3. The molecule has 2 fully saturated rings. The maximum atomic E-state index is 3.88. The van der Waals surface area contributed by atoms with Crippen LogP contribution in [0, 0.1) is 24.7 Å². The summed E-state index contributed by atoms with van der Waals surface area (Å²) in [4.78, 5) is 1.52. The summed E-state index contributed by atoms with van der Waals surface area (Å²) in [6.45, 7) is 5.74. The molecule has 0 bridgehead atoms. The lowest BCUT2D eigenvalue weighted by atomic mass is 9.65. The molecule has 118 valence electrons. The number of fused-ring (bicyclic) bond motifs is 1. The van der Waals surface area contributed by atoms with Crippen LogP contribution in [0.5, 0.6) is 0 Å². The summed E-state index contributed by atoms with van der Waals surface area (Å²) in [6, 6.07) is 2.99. The Morgan fingerprint density at radius 3 is 2.71 bits per heavy atom. The molecule has 3 rings (SSSR count). The standard InChI is InChI=1S/C19H31NS/c1-3-11-20-19(18-10-12-21-14(18)2)17-9-8-15-6-4-5-7-16(15)13-17/h10,12,15-17,19-20H,3-9,11,13H2,1-2H3. The lowest BCUT2D eigenvalue weighted by Crippen LogP contribution is -2.36. The van der Waals surface area contributed by atoms with Gasteiger partial charge in [-0.2, -0.15) is 0 Å². The predicted octanol–water partition coefficient (Wildman–Crippen LogP) is 5.70. The van der Waals surface area contributed by atoms with E-state index in [-0.39, 0.29) is 0 Å². The third-order valence-corrected chi connectivity index (χ3v) is 6.76. The minimum Gasteiger partial charge on any atom is -0.310 e. The third kappa shape index (κ3) is 3.53. The lowest BCUT2D eigenvalue weighted by molar-refractivity contribution is 0.109. The first kappa shape index (κ1) is 15.6. The third-order valence-electron chi connectivity index (χ3n) is 5.90. The quantitative estimate of drug-likeness (QED) is 0.735. The van der Waals surface area contributed by atoms with Gasteiger partial charge >= 0.3 is 0 Å². The summed E-state index contributed by atoms with van der Waals surface area (Å²) in [5, 5.41) is 6.16. The maximum Gasteiger partial charge on any atom is 0.0359 e. The van der Waals surface area contributed by atoms with Crippen LogP contribution >= 0.6 is 11.3 Å². The zero-order chi connectivity index (χ0) is 14.7. The highest BCUT2D eigenvalue weighted by Crippen LogP contribution is 2.46. The van der Waals surface area contributed by atoms with E-state index in [4.69, 9.17) is 0 Å². The van der Waals surface area contributed by atoms with Gasteiger partial charge in [0.1, 0.15) is 0 Å². The van der Waals surface area contributed by atoms with Crippen LogP contribution < -0.4 is 5.32 Å². The Morgan fingerprint density at radius 2 is 2.00 bits per heavy atom. The molecule has 21 heavy (non-hydrogen) atoms. The first-order valence-corrected chi connectivity index (χ1v) is 9.95. The van der Waals surface area contributed by atoms with E-state index in [1.54, 1.807) is 5.56 Å². The minimum atomic E-state index is 0.610. The van der Waals surface area contributed by atoms with Crippen molar-refractivity contribution < 1.29 is 0 Å². The van der Waals surface area contributed by atoms with Crippen molar-refractivity contribution in [2.24, 2.45) is 17.8 Å². The second-order valence-electron chi connectivity index (χ2n) is 7.24. The molecule has 0 aliphatic heterocycles. The first-order valence-electron chi connectivity index (χ1n) is 9.07. The van der Waals surface area contributed by atoms with E-state index in [1.165, 1.54) is 56.2 Å². The summed E-state index contributed by atoms with van der Waals surface area (Å²) in [5.74, 6) is 2.96. The molecule has 1 aromatic rings. The van der Waals surface area contributed by atoms with Crippen LogP contribution in [0.3, 0.4) is 0 Å². The van der Waals surface area contributed by atoms with Gasteiger partial charge in [0.15, 0.2) is 0 Å². The number of nitrogens with one attached hydrogen (secondary N) is 1. The molecule has 0 aromatic carbocycles. The average Bonchev–Trinajstić information content (AvgIpc) is 2.94. The molecule has 0 amide bonds. The molecule has 2 heteroatoms. The fraction of sp³-hybridized carbons (Fsp3) is 0.789. The van der Waals surface area contributed by atoms with Gasteiger partial charge in [0.25, 0.3) is 0 Å². The van der Waals surface area contributed by atoms with Crippen LogP contribution in [-0.4, -0.2) is 6.54 Å². The maximum absolute atomic E-state index is 3.88. The molecule has 0 saturated heterocycles. The van der Waals surface area contributed by atoms with Crippen molar-refractivity contribution >= 4 is 11.3 Å². The number of rotatable bonds is 5. The Labute approximate surface area is 134 Å². The van der Waals surface area contributed by atoms with E-state index in [0.29, 0.717) is 6.04 Å². The van der Waals surface area contributed by atoms with Crippen LogP contribution in [0.1, 0.15) is 74.8 Å². The summed E-state index contributed by atoms with van der Waals surface area (Å²) >= 11 is 1.91. The smallest absolute Gasteiger partial charge is 0.0359 e. The van der Waals surface area contributed by atoms with Gasteiger partial charge in [-0.3, -0.25) is 0 Å². The van der Waals surface area contributed by atoms with E-state index in [2.05, 4.69) is 30.6 Å². The van der Waals surface area contributed by atoms with Crippen LogP contribution in [0.4, 0.5) is 0 Å². The van der Waals surface area contributed by atoms with Crippen LogP contribution in [-0.2, 0) is 0 Å². The van der Waals surface area contributed by atoms with E-state index >= 15 is 0 Å². The van der Waals surface area contributed by atoms with Crippen molar-refractivity contribution in [2.75, 3.05) is 6.54 Å². The molecule has 2 saturated carbocycles. The number of hydrogen-bond donors (Lipinski definition) is 1. The molecular formula is C19H31NS. The summed E-state index contributed by atoms with van der Waals surface area (Å²) < 4.78 is 0. The molecular weight excluding hydrogens is 274 g/mol. The number of thiophene rings is 1. The van der Waals surface area contributed by atoms with E-state index < -0.39 is 0 Å². The molecule has 1 aromatic heterocycles. The fourth-order valence-corrected chi connectivity index (χ4v) is 5.51. The molecule has 0 radical (unpaired) electrons. The molecule has 1 heterocycles. The second kappa shape index (κ2) is 7.28. The van der Waals surface area contributed by atoms with Gasteiger partial charge in [-0.05, 0) is 73.9 Å². The van der Waals surface area contributed by atoms with Gasteiger partial charge in [-0.15, -0.1) is 11.3 Å². The van der Waals surface area contributed by atoms with Gasteiger partial charge in [0.2, 0.25) is 0 Å². The van der Waals surface area contributed by atoms with Gasteiger partial charge in [-0.25, -0.2) is 0 Å². The summed E-state index contributed by atoms with van der Waals surface area (Å²) in [7, 11) is 0. The lowest BCUT2D eigenvalue weighted by Gasteiger charge is -2.42. The SMILES string of the molecule is CCCNC(c1ccsc1C)C1CCC2CCCCC2C1. The Balaban J connectivity index is 1.72. The van der Waals surface area contributed by atoms with Crippen molar-refractivity contribution in [2.45, 2.75) is 71.3 Å². The molecule has 2 aliphatic carbocycles. The van der Waals surface area contributed by atoms with Crippen molar-refractivity contribution in [3.05, 3.63) is 21.9 Å². The highest BCUT2D eigenvalue weighted by Gasteiger charge is 2.36. The largest absolute Gasteiger partial charge is 0.310 e. The normalized spacial score (nSPS) is 30.9. The fourth-order valence-electron chi connectivity index (χ4n) is 4.76. The van der Waals surface area contributed by atoms with Gasteiger partial charge in [0, 0.05) is 10.9 Å². The Morgan fingerprint density at radius 1 is 1.19 bits per heavy atom. The van der Waals surface area contributed by atoms with Crippen molar-refractivity contribution in [3.8, 4) is 0 Å². The topological polar surface area (TPSA) is 12.0 Å². The summed E-state index contributed by atoms with van der Waals surface area (Å²) in [5.41, 5.74) is 1.59. The second-order valence-corrected chi connectivity index (χ2v) is 8.36. The zero-order valence-electron chi connectivity index (χ0n) is 13.7. The van der Waals surface area contributed by atoms with Crippen LogP contribution in [0.15, 0.2) is 11.4 Å². The highest BCUT2D eigenvalue weighted by atomic mass is 32.1. The average molecular weight is 306 g/mol. The number of hydrogen-bond acceptors (Lipinski definition) is 2. The molecule has 0 spiro atoms. The number of aryl methyl sites for hydroxylation is 1. The molecule has 1 nitrogen and oxygen atoms in total. The van der Waals surface area contributed by atoms with Gasteiger partial charge in [-0.1, -0.05) is 32.6 Å². The Bertz CT molecular complexity index is 439. The van der Waals surface area contributed by atoms with Crippen molar-refractivity contribution in [1.29, 1.82) is 0 Å². The van der Waals surface area contributed by atoms with E-state index in [0.717, 1.165) is 24.3 Å². The molecule has 1 N–H and O–H groups in total. The van der Waals surface area contributed by atoms with Crippen LogP contribution in [0.25, 0.3) is 0 Å². The monoisotopic (exact) mass is 305 g/mol. The summed E-state index contributed by atoms with van der Waals surface area (Å²) in [6.07, 6.45) is 11.6. The zero-order valence-corrected chi connectivity index (χ0v) is 14.6. The predicted molar refractivity (Wildman–Crippen MR) is 92.9 cm³/mol. The van der Waals surface area contributed by atoms with E-state index in [1.807, 2.05) is 11.3 Å². The van der Waals surface area contributed by atoms with Crippen LogP contribution in [0.2, 0.25) is 0 Å². The van der Waals surface area contributed by atoms with Crippen molar-refractivity contribution in [3.63, 3.8) is 0 Å². The van der Waals surface area contributed by atoms with Crippen molar-refractivity contribution in [1.82, 2.24) is 5.32 Å². The highest BCUT2D eigenvalue weighted by molar-refractivity contribution is 7.10.